The van der Waals surface area contributed by atoms with Gasteiger partial charge in [-0.2, -0.15) is 0 Å². The number of esters is 2. The van der Waals surface area contributed by atoms with Crippen molar-refractivity contribution in [3.8, 4) is 0 Å². The van der Waals surface area contributed by atoms with E-state index in [-0.39, 0.29) is 11.6 Å². The van der Waals surface area contributed by atoms with Crippen molar-refractivity contribution in [2.75, 3.05) is 6.61 Å². The Morgan fingerprint density at radius 2 is 1.31 bits per heavy atom. The Kier molecular flexibility index (Phi) is 7.73. The van der Waals surface area contributed by atoms with Crippen molar-refractivity contribution in [2.45, 2.75) is 51.2 Å². The van der Waals surface area contributed by atoms with E-state index in [0.717, 1.165) is 10.4 Å². The van der Waals surface area contributed by atoms with Gasteiger partial charge in [-0.15, -0.1) is 0 Å². The Bertz CT molecular complexity index is 1120. The molecule has 1 fully saturated rings. The highest BCUT2D eigenvalue weighted by Gasteiger charge is 2.55. The molecule has 7 heteroatoms. The molecule has 188 valence electrons. The van der Waals surface area contributed by atoms with Crippen molar-refractivity contribution in [1.82, 2.24) is 0 Å². The molecular formula is C29H32O6Si. The Morgan fingerprint density at radius 3 is 1.78 bits per heavy atom. The first kappa shape index (κ1) is 25.8. The van der Waals surface area contributed by atoms with Gasteiger partial charge in [0.25, 0.3) is 8.32 Å². The number of hydrogen-bond acceptors (Lipinski definition) is 6. The van der Waals surface area contributed by atoms with Crippen LogP contribution in [0.1, 0.15) is 38.1 Å². The van der Waals surface area contributed by atoms with E-state index in [2.05, 4.69) is 45.0 Å². The zero-order chi connectivity index (χ0) is 25.8. The summed E-state index contributed by atoms with van der Waals surface area (Å²) in [5.74, 6) is -1.05. The van der Waals surface area contributed by atoms with Gasteiger partial charge in [0.1, 0.15) is 6.10 Å². The van der Waals surface area contributed by atoms with Crippen molar-refractivity contribution in [3.05, 3.63) is 96.6 Å². The molecule has 0 N–H and O–H groups in total. The van der Waals surface area contributed by atoms with Gasteiger partial charge < -0.3 is 18.6 Å². The van der Waals surface area contributed by atoms with Crippen molar-refractivity contribution < 1.29 is 28.2 Å². The standard InChI is InChI=1S/C29H32O6Si/c1-21(30)33-28-26(34-27(31)22-14-8-5-9-15-22)25(20-32-28)35-36(29(2,3)4,23-16-10-6-11-17-23)24-18-12-7-13-19-24/h5-19,25-26,28H,20H2,1-4H3/t25-,26+,28?/m0/s1. The maximum atomic E-state index is 13.0. The maximum absolute atomic E-state index is 13.0. The van der Waals surface area contributed by atoms with Gasteiger partial charge in [-0.05, 0) is 27.5 Å². The van der Waals surface area contributed by atoms with Crippen LogP contribution in [0.15, 0.2) is 91.0 Å². The first-order valence-electron chi connectivity index (χ1n) is 12.1. The number of carbonyl (C=O) groups excluding carboxylic acids is 2. The van der Waals surface area contributed by atoms with Gasteiger partial charge in [0.2, 0.25) is 6.29 Å². The number of carbonyl (C=O) groups is 2. The highest BCUT2D eigenvalue weighted by atomic mass is 28.4. The smallest absolute Gasteiger partial charge is 0.338 e. The summed E-state index contributed by atoms with van der Waals surface area (Å²) in [6.07, 6.45) is -2.63. The molecule has 1 saturated heterocycles. The zero-order valence-electron chi connectivity index (χ0n) is 21.0. The molecule has 3 aromatic rings. The van der Waals surface area contributed by atoms with Crippen LogP contribution in [0.2, 0.25) is 5.04 Å². The lowest BCUT2D eigenvalue weighted by molar-refractivity contribution is -0.180. The second-order valence-corrected chi connectivity index (χ2v) is 14.1. The summed E-state index contributed by atoms with van der Waals surface area (Å²) < 4.78 is 24.3. The summed E-state index contributed by atoms with van der Waals surface area (Å²) >= 11 is 0. The lowest BCUT2D eigenvalue weighted by Crippen LogP contribution is -2.68. The molecule has 0 bridgehead atoms. The topological polar surface area (TPSA) is 71.1 Å². The third-order valence-corrected chi connectivity index (χ3v) is 11.4. The number of benzene rings is 3. The summed E-state index contributed by atoms with van der Waals surface area (Å²) in [4.78, 5) is 24.8. The largest absolute Gasteiger partial charge is 0.449 e. The molecule has 1 unspecified atom stereocenters. The Hall–Kier alpha value is -3.26. The highest BCUT2D eigenvalue weighted by Crippen LogP contribution is 2.39. The van der Waals surface area contributed by atoms with Gasteiger partial charge in [0.15, 0.2) is 6.10 Å². The maximum Gasteiger partial charge on any atom is 0.338 e. The fourth-order valence-corrected chi connectivity index (χ4v) is 9.41. The summed E-state index contributed by atoms with van der Waals surface area (Å²) in [5, 5.41) is 1.89. The number of ether oxygens (including phenoxy) is 3. The average molecular weight is 505 g/mol. The molecule has 0 radical (unpaired) electrons. The zero-order valence-corrected chi connectivity index (χ0v) is 22.0. The normalized spacial score (nSPS) is 20.1. The lowest BCUT2D eigenvalue weighted by Gasteiger charge is -2.45. The van der Waals surface area contributed by atoms with Crippen LogP contribution < -0.4 is 10.4 Å². The first-order valence-corrected chi connectivity index (χ1v) is 14.0. The van der Waals surface area contributed by atoms with Crippen molar-refractivity contribution in [3.63, 3.8) is 0 Å². The lowest BCUT2D eigenvalue weighted by atomic mass is 10.2. The number of hydrogen-bond donors (Lipinski definition) is 0. The molecule has 1 heterocycles. The van der Waals surface area contributed by atoms with E-state index in [1.54, 1.807) is 24.3 Å². The van der Waals surface area contributed by atoms with E-state index in [1.165, 1.54) is 6.92 Å². The average Bonchev–Trinajstić information content (AvgIpc) is 3.23. The van der Waals surface area contributed by atoms with Crippen LogP contribution in [0.5, 0.6) is 0 Å². The predicted octanol–water partition coefficient (Wildman–Crippen LogP) is 4.08. The van der Waals surface area contributed by atoms with Crippen LogP contribution in [-0.4, -0.2) is 45.4 Å². The predicted molar refractivity (Wildman–Crippen MR) is 140 cm³/mol. The van der Waals surface area contributed by atoms with Crippen LogP contribution in [-0.2, 0) is 23.4 Å². The summed E-state index contributed by atoms with van der Waals surface area (Å²) in [6, 6.07) is 29.1. The van der Waals surface area contributed by atoms with Gasteiger partial charge in [0, 0.05) is 6.92 Å². The summed E-state index contributed by atoms with van der Waals surface area (Å²) in [7, 11) is -2.97. The molecule has 0 saturated carbocycles. The minimum absolute atomic E-state index is 0.120. The number of rotatable bonds is 7. The van der Waals surface area contributed by atoms with Crippen LogP contribution in [0.25, 0.3) is 0 Å². The highest BCUT2D eigenvalue weighted by molar-refractivity contribution is 6.99. The molecule has 0 aliphatic carbocycles. The van der Waals surface area contributed by atoms with Crippen molar-refractivity contribution >= 4 is 30.6 Å². The molecule has 4 rings (SSSR count). The van der Waals surface area contributed by atoms with Crippen molar-refractivity contribution in [1.29, 1.82) is 0 Å². The molecule has 36 heavy (non-hydrogen) atoms. The van der Waals surface area contributed by atoms with Crippen molar-refractivity contribution in [2.24, 2.45) is 0 Å². The van der Waals surface area contributed by atoms with E-state index in [0.29, 0.717) is 5.56 Å². The van der Waals surface area contributed by atoms with E-state index in [1.807, 2.05) is 42.5 Å². The third-order valence-electron chi connectivity index (χ3n) is 6.34. The molecular weight excluding hydrogens is 472 g/mol. The van der Waals surface area contributed by atoms with Gasteiger partial charge in [0.05, 0.1) is 12.2 Å². The van der Waals surface area contributed by atoms with Gasteiger partial charge in [-0.1, -0.05) is 99.6 Å². The second-order valence-electron chi connectivity index (χ2n) is 9.87. The van der Waals surface area contributed by atoms with Gasteiger partial charge in [-0.3, -0.25) is 4.79 Å². The quantitative estimate of drug-likeness (QED) is 0.357. The SMILES string of the molecule is CC(=O)OC1OC[C@H](O[Si](c2ccccc2)(c2ccccc2)C(C)(C)C)[C@H]1OC(=O)c1ccccc1. The minimum Gasteiger partial charge on any atom is -0.449 e. The molecule has 3 atom stereocenters. The Labute approximate surface area is 213 Å². The molecule has 0 spiro atoms. The monoisotopic (exact) mass is 504 g/mol. The first-order chi connectivity index (χ1) is 17.2. The van der Waals surface area contributed by atoms with E-state index in [4.69, 9.17) is 18.6 Å². The second kappa shape index (κ2) is 10.8. The molecule has 1 aliphatic heterocycles. The third kappa shape index (κ3) is 5.28. The molecule has 1 aliphatic rings. The summed E-state index contributed by atoms with van der Waals surface area (Å²) in [6.45, 7) is 7.93. The fourth-order valence-electron chi connectivity index (χ4n) is 4.74. The van der Waals surface area contributed by atoms with Crippen LogP contribution in [0.3, 0.4) is 0 Å². The Morgan fingerprint density at radius 1 is 0.806 bits per heavy atom. The van der Waals surface area contributed by atoms with E-state index in [9.17, 15) is 9.59 Å². The summed E-state index contributed by atoms with van der Waals surface area (Å²) in [5.41, 5.74) is 0.398. The Balaban J connectivity index is 1.76. The fraction of sp³-hybridized carbons (Fsp3) is 0.310. The molecule has 3 aromatic carbocycles. The van der Waals surface area contributed by atoms with Crippen LogP contribution in [0, 0.1) is 0 Å². The molecule has 0 aromatic heterocycles. The minimum atomic E-state index is -2.97. The van der Waals surface area contributed by atoms with E-state index < -0.39 is 38.8 Å². The van der Waals surface area contributed by atoms with Gasteiger partial charge >= 0.3 is 11.9 Å². The van der Waals surface area contributed by atoms with Crippen LogP contribution >= 0.6 is 0 Å². The van der Waals surface area contributed by atoms with Crippen LogP contribution in [0.4, 0.5) is 0 Å². The van der Waals surface area contributed by atoms with E-state index >= 15 is 0 Å². The molecule has 6 nitrogen and oxygen atoms in total. The molecule has 0 amide bonds. The van der Waals surface area contributed by atoms with Gasteiger partial charge in [-0.25, -0.2) is 4.79 Å².